The molecule has 2 aromatic rings. The highest BCUT2D eigenvalue weighted by Gasteiger charge is 2.18. The topological polar surface area (TPSA) is 65.0 Å². The van der Waals surface area contributed by atoms with E-state index in [9.17, 15) is 9.90 Å². The minimum Gasteiger partial charge on any atom is -0.495 e. The summed E-state index contributed by atoms with van der Waals surface area (Å²) in [4.78, 5) is 16.2. The largest absolute Gasteiger partial charge is 0.495 e. The molecule has 0 aliphatic carbocycles. The first kappa shape index (κ1) is 18.1. The van der Waals surface area contributed by atoms with Crippen LogP contribution in [-0.2, 0) is 0 Å². The molecule has 26 heavy (non-hydrogen) atoms. The van der Waals surface area contributed by atoms with Crippen LogP contribution in [0.25, 0.3) is 0 Å². The van der Waals surface area contributed by atoms with Crippen molar-refractivity contribution in [3.63, 3.8) is 0 Å². The van der Waals surface area contributed by atoms with Crippen molar-refractivity contribution in [3.05, 3.63) is 54.1 Å². The first-order chi connectivity index (χ1) is 12.7. The van der Waals surface area contributed by atoms with Gasteiger partial charge in [0, 0.05) is 45.0 Å². The third-order valence-electron chi connectivity index (χ3n) is 4.70. The van der Waals surface area contributed by atoms with E-state index in [0.717, 1.165) is 32.7 Å². The number of carboxylic acid groups (broad SMARTS) is 1. The van der Waals surface area contributed by atoms with Gasteiger partial charge >= 0.3 is 5.97 Å². The van der Waals surface area contributed by atoms with Crippen LogP contribution in [0.1, 0.15) is 10.4 Å². The van der Waals surface area contributed by atoms with Crippen molar-refractivity contribution < 1.29 is 14.6 Å². The van der Waals surface area contributed by atoms with Crippen molar-refractivity contribution in [2.45, 2.75) is 0 Å². The number of aromatic carboxylic acids is 1. The zero-order valence-corrected chi connectivity index (χ0v) is 15.0. The Balaban J connectivity index is 1.51. The zero-order chi connectivity index (χ0) is 18.4. The summed E-state index contributed by atoms with van der Waals surface area (Å²) in [6.45, 7) is 5.52. The second-order valence-corrected chi connectivity index (χ2v) is 6.28. The van der Waals surface area contributed by atoms with Gasteiger partial charge in [-0.25, -0.2) is 4.79 Å². The van der Waals surface area contributed by atoms with Gasteiger partial charge in [0.15, 0.2) is 0 Å². The number of benzene rings is 2. The summed E-state index contributed by atoms with van der Waals surface area (Å²) in [6, 6.07) is 15.5. The number of rotatable bonds is 7. The van der Waals surface area contributed by atoms with E-state index < -0.39 is 5.97 Å². The minimum atomic E-state index is -0.956. The maximum atomic E-state index is 11.4. The van der Waals surface area contributed by atoms with Gasteiger partial charge in [-0.3, -0.25) is 4.90 Å². The molecule has 0 radical (unpaired) electrons. The monoisotopic (exact) mass is 355 g/mol. The Bertz CT molecular complexity index is 728. The molecule has 1 aliphatic rings. The summed E-state index contributed by atoms with van der Waals surface area (Å²) in [5, 5.41) is 12.6. The van der Waals surface area contributed by atoms with Gasteiger partial charge in [0.1, 0.15) is 5.75 Å². The van der Waals surface area contributed by atoms with E-state index in [1.807, 2.05) is 6.07 Å². The third kappa shape index (κ3) is 4.26. The molecule has 0 atom stereocenters. The first-order valence-electron chi connectivity index (χ1n) is 8.85. The fraction of sp³-hybridized carbons (Fsp3) is 0.350. The van der Waals surface area contributed by atoms with E-state index in [-0.39, 0.29) is 5.56 Å². The lowest BCUT2D eigenvalue weighted by Crippen LogP contribution is -2.47. The van der Waals surface area contributed by atoms with Gasteiger partial charge in [-0.05, 0) is 24.3 Å². The summed E-state index contributed by atoms with van der Waals surface area (Å²) in [7, 11) is 1.55. The predicted octanol–water partition coefficient (Wildman–Crippen LogP) is 2.63. The highest BCUT2D eigenvalue weighted by atomic mass is 16.5. The van der Waals surface area contributed by atoms with Crippen LogP contribution >= 0.6 is 0 Å². The molecule has 0 aromatic heterocycles. The molecule has 3 rings (SSSR count). The molecule has 1 fully saturated rings. The van der Waals surface area contributed by atoms with Gasteiger partial charge < -0.3 is 20.1 Å². The molecule has 2 N–H and O–H groups in total. The standard InChI is InChI=1S/C20H25N3O3/c1-26-18-9-5-8-17(20(24)25)19(18)21-10-11-22-12-14-23(15-13-22)16-6-3-2-4-7-16/h2-9,21H,10-15H2,1H3,(H,24,25). The molecule has 1 heterocycles. The lowest BCUT2D eigenvalue weighted by molar-refractivity contribution is 0.0697. The van der Waals surface area contributed by atoms with Crippen molar-refractivity contribution in [1.29, 1.82) is 0 Å². The number of nitrogens with one attached hydrogen (secondary N) is 1. The van der Waals surface area contributed by atoms with Crippen molar-refractivity contribution in [1.82, 2.24) is 4.90 Å². The van der Waals surface area contributed by atoms with Crippen LogP contribution < -0.4 is 15.0 Å². The van der Waals surface area contributed by atoms with E-state index in [4.69, 9.17) is 4.74 Å². The van der Waals surface area contributed by atoms with E-state index in [2.05, 4.69) is 39.4 Å². The Labute approximate surface area is 154 Å². The number of ether oxygens (including phenoxy) is 1. The van der Waals surface area contributed by atoms with Crippen LogP contribution in [0.15, 0.2) is 48.5 Å². The maximum absolute atomic E-state index is 11.4. The van der Waals surface area contributed by atoms with Gasteiger partial charge in [-0.15, -0.1) is 0 Å². The van der Waals surface area contributed by atoms with E-state index >= 15 is 0 Å². The smallest absolute Gasteiger partial charge is 0.337 e. The number of nitrogens with zero attached hydrogens (tertiary/aromatic N) is 2. The molecule has 1 saturated heterocycles. The number of anilines is 2. The number of methoxy groups -OCH3 is 1. The Morgan fingerprint density at radius 3 is 2.46 bits per heavy atom. The van der Waals surface area contributed by atoms with Crippen LogP contribution in [0.4, 0.5) is 11.4 Å². The fourth-order valence-corrected chi connectivity index (χ4v) is 3.27. The van der Waals surface area contributed by atoms with Crippen molar-refractivity contribution in [3.8, 4) is 5.75 Å². The summed E-state index contributed by atoms with van der Waals surface area (Å²) < 4.78 is 5.30. The predicted molar refractivity (Wildman–Crippen MR) is 104 cm³/mol. The number of hydrogen-bond acceptors (Lipinski definition) is 5. The second kappa shape index (κ2) is 8.58. The summed E-state index contributed by atoms with van der Waals surface area (Å²) in [6.07, 6.45) is 0. The number of para-hydroxylation sites is 2. The van der Waals surface area contributed by atoms with Gasteiger partial charge in [0.25, 0.3) is 0 Å². The van der Waals surface area contributed by atoms with Crippen LogP contribution in [-0.4, -0.2) is 62.4 Å². The van der Waals surface area contributed by atoms with Crippen LogP contribution in [0.5, 0.6) is 5.75 Å². The fourth-order valence-electron chi connectivity index (χ4n) is 3.27. The molecular formula is C20H25N3O3. The van der Waals surface area contributed by atoms with E-state index in [0.29, 0.717) is 18.0 Å². The molecule has 0 amide bonds. The number of piperazine rings is 1. The highest BCUT2D eigenvalue weighted by molar-refractivity contribution is 5.96. The lowest BCUT2D eigenvalue weighted by Gasteiger charge is -2.36. The van der Waals surface area contributed by atoms with Crippen molar-refractivity contribution in [2.75, 3.05) is 56.6 Å². The number of carbonyl (C=O) groups is 1. The molecule has 2 aromatic carbocycles. The summed E-state index contributed by atoms with van der Waals surface area (Å²) >= 11 is 0. The molecule has 0 saturated carbocycles. The molecule has 1 aliphatic heterocycles. The Kier molecular flexibility index (Phi) is 5.96. The van der Waals surface area contributed by atoms with Gasteiger partial charge in [-0.1, -0.05) is 24.3 Å². The average Bonchev–Trinajstić information content (AvgIpc) is 2.69. The van der Waals surface area contributed by atoms with E-state index in [1.165, 1.54) is 5.69 Å². The molecule has 0 spiro atoms. The maximum Gasteiger partial charge on any atom is 0.337 e. The quantitative estimate of drug-likeness (QED) is 0.796. The number of hydrogen-bond donors (Lipinski definition) is 2. The van der Waals surface area contributed by atoms with Gasteiger partial charge in [-0.2, -0.15) is 0 Å². The van der Waals surface area contributed by atoms with Crippen LogP contribution in [0.3, 0.4) is 0 Å². The Morgan fingerprint density at radius 2 is 1.81 bits per heavy atom. The SMILES string of the molecule is COc1cccc(C(=O)O)c1NCCN1CCN(c2ccccc2)CC1. The van der Waals surface area contributed by atoms with Gasteiger partial charge in [0.05, 0.1) is 18.4 Å². The van der Waals surface area contributed by atoms with Crippen molar-refractivity contribution >= 4 is 17.3 Å². The molecular weight excluding hydrogens is 330 g/mol. The second-order valence-electron chi connectivity index (χ2n) is 6.28. The van der Waals surface area contributed by atoms with Gasteiger partial charge in [0.2, 0.25) is 0 Å². The molecule has 0 unspecified atom stereocenters. The lowest BCUT2D eigenvalue weighted by atomic mass is 10.1. The van der Waals surface area contributed by atoms with Crippen LogP contribution in [0.2, 0.25) is 0 Å². The zero-order valence-electron chi connectivity index (χ0n) is 15.0. The summed E-state index contributed by atoms with van der Waals surface area (Å²) in [5.74, 6) is -0.401. The molecule has 0 bridgehead atoms. The third-order valence-corrected chi connectivity index (χ3v) is 4.70. The summed E-state index contributed by atoms with van der Waals surface area (Å²) in [5.41, 5.74) is 2.05. The van der Waals surface area contributed by atoms with E-state index in [1.54, 1.807) is 25.3 Å². The first-order valence-corrected chi connectivity index (χ1v) is 8.85. The Hall–Kier alpha value is -2.73. The Morgan fingerprint density at radius 1 is 1.08 bits per heavy atom. The molecule has 6 nitrogen and oxygen atoms in total. The van der Waals surface area contributed by atoms with Crippen LogP contribution in [0, 0.1) is 0 Å². The normalized spacial score (nSPS) is 14.9. The number of carboxylic acids is 1. The molecule has 138 valence electrons. The minimum absolute atomic E-state index is 0.234. The highest BCUT2D eigenvalue weighted by Crippen LogP contribution is 2.28. The average molecular weight is 355 g/mol. The molecule has 6 heteroatoms. The van der Waals surface area contributed by atoms with Crippen molar-refractivity contribution in [2.24, 2.45) is 0 Å².